The molecule has 1 heterocycles. The van der Waals surface area contributed by atoms with Gasteiger partial charge in [-0.25, -0.2) is 4.79 Å². The van der Waals surface area contributed by atoms with Gasteiger partial charge in [-0.15, -0.1) is 0 Å². The van der Waals surface area contributed by atoms with E-state index in [1.165, 1.54) is 0 Å². The Balaban J connectivity index is 2.31. The minimum absolute atomic E-state index is 0.212. The number of nitrogens with one attached hydrogen (secondary N) is 1. The van der Waals surface area contributed by atoms with Gasteiger partial charge >= 0.3 is 12.3 Å². The monoisotopic (exact) mass is 284 g/mol. The number of amides is 1. The molecule has 112 valence electrons. The molecule has 19 heavy (non-hydrogen) atoms. The molecule has 1 fully saturated rings. The molecule has 1 aliphatic heterocycles. The highest BCUT2D eigenvalue weighted by molar-refractivity contribution is 5.67. The summed E-state index contributed by atoms with van der Waals surface area (Å²) >= 11 is 0. The van der Waals surface area contributed by atoms with Crippen LogP contribution < -0.4 is 5.32 Å². The Morgan fingerprint density at radius 1 is 1.32 bits per heavy atom. The molecule has 1 saturated heterocycles. The summed E-state index contributed by atoms with van der Waals surface area (Å²) in [4.78, 5) is 13.3. The number of carbonyl (C=O) groups is 1. The second-order valence-electron chi connectivity index (χ2n) is 4.96. The Morgan fingerprint density at radius 2 is 1.89 bits per heavy atom. The summed E-state index contributed by atoms with van der Waals surface area (Å²) in [5.74, 6) is 0. The Labute approximate surface area is 110 Å². The van der Waals surface area contributed by atoms with Gasteiger partial charge in [0.15, 0.2) is 6.61 Å². The molecule has 0 radical (unpaired) electrons. The molecule has 0 atom stereocenters. The fourth-order valence-electron chi connectivity index (χ4n) is 1.77. The first kappa shape index (κ1) is 16.0. The Hall–Kier alpha value is -1.02. The zero-order valence-electron chi connectivity index (χ0n) is 11.0. The number of rotatable bonds is 4. The van der Waals surface area contributed by atoms with Crippen molar-refractivity contribution >= 4 is 6.09 Å². The fraction of sp³-hybridized carbons (Fsp3) is 0.909. The predicted molar refractivity (Wildman–Crippen MR) is 61.9 cm³/mol. The lowest BCUT2D eigenvalue weighted by Gasteiger charge is -2.40. The first-order valence-electron chi connectivity index (χ1n) is 6.01. The van der Waals surface area contributed by atoms with Gasteiger partial charge in [0, 0.05) is 25.2 Å². The zero-order valence-corrected chi connectivity index (χ0v) is 11.0. The van der Waals surface area contributed by atoms with Gasteiger partial charge in [0.05, 0.1) is 13.2 Å². The zero-order chi connectivity index (χ0) is 14.5. The number of hydrogen-bond donors (Lipinski definition) is 1. The summed E-state index contributed by atoms with van der Waals surface area (Å²) in [7, 11) is 0. The van der Waals surface area contributed by atoms with E-state index in [0.29, 0.717) is 13.2 Å². The van der Waals surface area contributed by atoms with Gasteiger partial charge in [0.1, 0.15) is 0 Å². The molecule has 0 spiro atoms. The van der Waals surface area contributed by atoms with Crippen LogP contribution in [0.25, 0.3) is 0 Å². The van der Waals surface area contributed by atoms with Crippen LogP contribution in [0.2, 0.25) is 0 Å². The standard InChI is InChI=1S/C11H19F3N2O3/c1-10(2,16-3-5-18-6-4-16)7-15-9(17)19-8-11(12,13)14/h3-8H2,1-2H3,(H,15,17). The van der Waals surface area contributed by atoms with E-state index in [4.69, 9.17) is 4.74 Å². The molecule has 0 aromatic heterocycles. The van der Waals surface area contributed by atoms with Gasteiger partial charge in [-0.05, 0) is 13.8 Å². The maximum Gasteiger partial charge on any atom is 0.422 e. The second kappa shape index (κ2) is 6.42. The summed E-state index contributed by atoms with van der Waals surface area (Å²) in [6, 6.07) is 0. The van der Waals surface area contributed by atoms with Crippen molar-refractivity contribution in [2.75, 3.05) is 39.5 Å². The van der Waals surface area contributed by atoms with Crippen LogP contribution in [0.5, 0.6) is 0 Å². The molecule has 0 unspecified atom stereocenters. The maximum absolute atomic E-state index is 11.9. The molecule has 5 nitrogen and oxygen atoms in total. The third kappa shape index (κ3) is 6.11. The average Bonchev–Trinajstić information content (AvgIpc) is 2.34. The van der Waals surface area contributed by atoms with E-state index in [2.05, 4.69) is 15.0 Å². The average molecular weight is 284 g/mol. The van der Waals surface area contributed by atoms with E-state index in [9.17, 15) is 18.0 Å². The Bertz CT molecular complexity index is 302. The topological polar surface area (TPSA) is 50.8 Å². The van der Waals surface area contributed by atoms with Gasteiger partial charge in [-0.2, -0.15) is 13.2 Å². The smallest absolute Gasteiger partial charge is 0.422 e. The van der Waals surface area contributed by atoms with Crippen LogP contribution in [-0.4, -0.2) is 62.2 Å². The molecular formula is C11H19F3N2O3. The van der Waals surface area contributed by atoms with Gasteiger partial charge in [-0.1, -0.05) is 0 Å². The van der Waals surface area contributed by atoms with Crippen LogP contribution in [0.4, 0.5) is 18.0 Å². The number of alkyl halides is 3. The molecule has 0 bridgehead atoms. The van der Waals surface area contributed by atoms with Gasteiger partial charge < -0.3 is 14.8 Å². The molecule has 1 aliphatic rings. The van der Waals surface area contributed by atoms with E-state index in [-0.39, 0.29) is 12.1 Å². The molecule has 0 aromatic rings. The van der Waals surface area contributed by atoms with E-state index in [0.717, 1.165) is 13.1 Å². The van der Waals surface area contributed by atoms with Crippen molar-refractivity contribution < 1.29 is 27.4 Å². The third-order valence-electron chi connectivity index (χ3n) is 2.90. The molecule has 1 N–H and O–H groups in total. The normalized spacial score (nSPS) is 18.2. The largest absolute Gasteiger partial charge is 0.440 e. The number of morpholine rings is 1. The van der Waals surface area contributed by atoms with Gasteiger partial charge in [0.25, 0.3) is 0 Å². The van der Waals surface area contributed by atoms with Crippen LogP contribution in [0.1, 0.15) is 13.8 Å². The summed E-state index contributed by atoms with van der Waals surface area (Å²) < 4.78 is 44.9. The Morgan fingerprint density at radius 3 is 2.42 bits per heavy atom. The number of alkyl carbamates (subject to hydrolysis) is 1. The van der Waals surface area contributed by atoms with Crippen LogP contribution in [0.3, 0.4) is 0 Å². The van der Waals surface area contributed by atoms with E-state index in [1.54, 1.807) is 0 Å². The fourth-order valence-corrected chi connectivity index (χ4v) is 1.77. The third-order valence-corrected chi connectivity index (χ3v) is 2.90. The lowest BCUT2D eigenvalue weighted by atomic mass is 10.0. The number of nitrogens with zero attached hydrogens (tertiary/aromatic N) is 1. The van der Waals surface area contributed by atoms with E-state index in [1.807, 2.05) is 13.8 Å². The number of carbonyl (C=O) groups excluding carboxylic acids is 1. The Kier molecular flexibility index (Phi) is 5.42. The highest BCUT2D eigenvalue weighted by Crippen LogP contribution is 2.16. The number of hydrogen-bond acceptors (Lipinski definition) is 4. The van der Waals surface area contributed by atoms with Gasteiger partial charge in [0.2, 0.25) is 0 Å². The van der Waals surface area contributed by atoms with Crippen molar-refractivity contribution in [1.29, 1.82) is 0 Å². The van der Waals surface area contributed by atoms with Crippen LogP contribution >= 0.6 is 0 Å². The number of ether oxygens (including phenoxy) is 2. The quantitative estimate of drug-likeness (QED) is 0.847. The van der Waals surface area contributed by atoms with Crippen LogP contribution in [0.15, 0.2) is 0 Å². The summed E-state index contributed by atoms with van der Waals surface area (Å²) in [5, 5.41) is 2.35. The van der Waals surface area contributed by atoms with Crippen molar-refractivity contribution in [1.82, 2.24) is 10.2 Å². The molecule has 0 saturated carbocycles. The molecule has 1 amide bonds. The first-order valence-corrected chi connectivity index (χ1v) is 6.01. The maximum atomic E-state index is 11.9. The summed E-state index contributed by atoms with van der Waals surface area (Å²) in [6.45, 7) is 5.13. The highest BCUT2D eigenvalue weighted by Gasteiger charge is 2.31. The van der Waals surface area contributed by atoms with E-state index >= 15 is 0 Å². The highest BCUT2D eigenvalue weighted by atomic mass is 19.4. The molecule has 1 rings (SSSR count). The summed E-state index contributed by atoms with van der Waals surface area (Å²) in [5.41, 5.74) is -0.360. The van der Waals surface area contributed by atoms with Crippen molar-refractivity contribution in [2.45, 2.75) is 25.6 Å². The summed E-state index contributed by atoms with van der Waals surface area (Å²) in [6.07, 6.45) is -5.56. The van der Waals surface area contributed by atoms with Crippen molar-refractivity contribution in [3.05, 3.63) is 0 Å². The molecule has 8 heteroatoms. The molecule has 0 aliphatic carbocycles. The first-order chi connectivity index (χ1) is 8.71. The van der Waals surface area contributed by atoms with Crippen molar-refractivity contribution in [3.8, 4) is 0 Å². The van der Waals surface area contributed by atoms with Crippen molar-refractivity contribution in [2.24, 2.45) is 0 Å². The number of halogens is 3. The minimum Gasteiger partial charge on any atom is -0.440 e. The molecular weight excluding hydrogens is 265 g/mol. The molecule has 0 aromatic carbocycles. The van der Waals surface area contributed by atoms with E-state index < -0.39 is 18.9 Å². The predicted octanol–water partition coefficient (Wildman–Crippen LogP) is 1.39. The van der Waals surface area contributed by atoms with Crippen LogP contribution in [0, 0.1) is 0 Å². The SMILES string of the molecule is CC(C)(CNC(=O)OCC(F)(F)F)N1CCOCC1. The second-order valence-corrected chi connectivity index (χ2v) is 4.96. The van der Waals surface area contributed by atoms with Crippen molar-refractivity contribution in [3.63, 3.8) is 0 Å². The lowest BCUT2D eigenvalue weighted by molar-refractivity contribution is -0.160. The van der Waals surface area contributed by atoms with Gasteiger partial charge in [-0.3, -0.25) is 4.90 Å². The lowest BCUT2D eigenvalue weighted by Crippen LogP contribution is -2.55. The van der Waals surface area contributed by atoms with Crippen LogP contribution in [-0.2, 0) is 9.47 Å². The minimum atomic E-state index is -4.50.